The number of carbonyl (C=O) groups excluding carboxylic acids is 1. The molecule has 0 saturated carbocycles. The number of morpholine rings is 1. The predicted molar refractivity (Wildman–Crippen MR) is 79.8 cm³/mol. The van der Waals surface area contributed by atoms with Crippen molar-refractivity contribution in [1.29, 1.82) is 0 Å². The van der Waals surface area contributed by atoms with Crippen LogP contribution in [0.5, 0.6) is 0 Å². The Bertz CT molecular complexity index is 707. The van der Waals surface area contributed by atoms with E-state index in [-0.39, 0.29) is 37.9 Å². The van der Waals surface area contributed by atoms with Gasteiger partial charge in [0.2, 0.25) is 0 Å². The number of ether oxygens (including phenoxy) is 1. The van der Waals surface area contributed by atoms with Crippen LogP contribution in [-0.2, 0) is 15.7 Å². The molecule has 1 saturated heterocycles. The lowest BCUT2D eigenvalue weighted by Crippen LogP contribution is -2.48. The lowest BCUT2D eigenvalue weighted by molar-refractivity contribution is -0.192. The summed E-state index contributed by atoms with van der Waals surface area (Å²) < 4.78 is 88.2. The zero-order valence-electron chi connectivity index (χ0n) is 14.0. The second kappa shape index (κ2) is 9.19. The maximum atomic E-state index is 13.8. The molecule has 1 fully saturated rings. The van der Waals surface area contributed by atoms with Crippen LogP contribution in [0.3, 0.4) is 0 Å². The van der Waals surface area contributed by atoms with Crippen LogP contribution in [0.1, 0.15) is 15.9 Å². The van der Waals surface area contributed by atoms with Crippen molar-refractivity contribution >= 4 is 11.9 Å². The van der Waals surface area contributed by atoms with Crippen molar-refractivity contribution in [3.63, 3.8) is 0 Å². The number of alkyl halides is 6. The highest BCUT2D eigenvalue weighted by Gasteiger charge is 2.38. The average molecular weight is 420 g/mol. The summed E-state index contributed by atoms with van der Waals surface area (Å²) in [6, 6.07) is 1.87. The van der Waals surface area contributed by atoms with E-state index in [4.69, 9.17) is 20.4 Å². The van der Waals surface area contributed by atoms with Gasteiger partial charge in [-0.05, 0) is 18.2 Å². The van der Waals surface area contributed by atoms with E-state index >= 15 is 0 Å². The molecule has 13 heteroatoms. The third kappa shape index (κ3) is 6.64. The van der Waals surface area contributed by atoms with E-state index in [1.165, 1.54) is 4.90 Å². The second-order valence-electron chi connectivity index (χ2n) is 5.47. The lowest BCUT2D eigenvalue weighted by Gasteiger charge is -2.32. The molecule has 0 spiro atoms. The third-order valence-electron chi connectivity index (χ3n) is 3.46. The largest absolute Gasteiger partial charge is 0.490 e. The van der Waals surface area contributed by atoms with Gasteiger partial charge in [0.1, 0.15) is 5.82 Å². The van der Waals surface area contributed by atoms with Crippen LogP contribution >= 0.6 is 0 Å². The van der Waals surface area contributed by atoms with Crippen molar-refractivity contribution in [2.75, 3.05) is 26.2 Å². The highest BCUT2D eigenvalue weighted by atomic mass is 19.4. The standard InChI is InChI=1S/C13H14F4N2O2.C2HF3O2/c14-11-5-8(13(15,16)17)1-2-10(11)12(20)19-3-4-21-9(6-18)7-19;3-2(4,5)1(6)7/h1-2,5,9H,3-4,6-7,18H2;(H,6,7)/t9-;/m0./s1. The van der Waals surface area contributed by atoms with E-state index in [1.807, 2.05) is 0 Å². The number of amides is 1. The number of carboxylic acids is 1. The van der Waals surface area contributed by atoms with Gasteiger partial charge in [0, 0.05) is 19.6 Å². The minimum atomic E-state index is -5.08. The lowest BCUT2D eigenvalue weighted by atomic mass is 10.1. The van der Waals surface area contributed by atoms with Crippen molar-refractivity contribution in [1.82, 2.24) is 4.90 Å². The first-order valence-electron chi connectivity index (χ1n) is 7.55. The zero-order chi connectivity index (χ0) is 21.7. The van der Waals surface area contributed by atoms with Gasteiger partial charge in [0.15, 0.2) is 0 Å². The van der Waals surface area contributed by atoms with Gasteiger partial charge in [-0.15, -0.1) is 0 Å². The van der Waals surface area contributed by atoms with E-state index in [9.17, 15) is 35.5 Å². The van der Waals surface area contributed by atoms with Crippen molar-refractivity contribution in [2.24, 2.45) is 5.73 Å². The Hall–Kier alpha value is -2.41. The molecular formula is C15H15F7N2O4. The van der Waals surface area contributed by atoms with Crippen LogP contribution in [0.4, 0.5) is 30.7 Å². The summed E-state index contributed by atoms with van der Waals surface area (Å²) in [6.07, 6.45) is -10.1. The van der Waals surface area contributed by atoms with Crippen LogP contribution in [0.2, 0.25) is 0 Å². The highest BCUT2D eigenvalue weighted by molar-refractivity contribution is 5.94. The van der Waals surface area contributed by atoms with Crippen LogP contribution in [0, 0.1) is 5.82 Å². The molecule has 28 heavy (non-hydrogen) atoms. The van der Waals surface area contributed by atoms with Gasteiger partial charge >= 0.3 is 18.3 Å². The number of nitrogens with zero attached hydrogens (tertiary/aromatic N) is 1. The number of carboxylic acid groups (broad SMARTS) is 1. The number of aliphatic carboxylic acids is 1. The minimum Gasteiger partial charge on any atom is -0.475 e. The molecule has 3 N–H and O–H groups in total. The van der Waals surface area contributed by atoms with Gasteiger partial charge in [-0.1, -0.05) is 0 Å². The molecule has 2 rings (SSSR count). The van der Waals surface area contributed by atoms with Crippen molar-refractivity contribution < 1.29 is 50.2 Å². The number of rotatable bonds is 2. The number of benzene rings is 1. The Labute approximate surface area is 153 Å². The Morgan fingerprint density at radius 1 is 1.21 bits per heavy atom. The number of halogens is 7. The van der Waals surface area contributed by atoms with Gasteiger partial charge in [-0.2, -0.15) is 26.3 Å². The fraction of sp³-hybridized carbons (Fsp3) is 0.467. The van der Waals surface area contributed by atoms with Crippen LogP contribution in [0.15, 0.2) is 18.2 Å². The molecule has 1 aromatic carbocycles. The van der Waals surface area contributed by atoms with Crippen molar-refractivity contribution in [3.05, 3.63) is 35.1 Å². The molecule has 0 unspecified atom stereocenters. The molecule has 1 atom stereocenters. The summed E-state index contributed by atoms with van der Waals surface area (Å²) in [6.45, 7) is 0.903. The SMILES string of the molecule is NC[C@H]1CN(C(=O)c2ccc(C(F)(F)F)cc2F)CCO1.O=C(O)C(F)(F)F. The Morgan fingerprint density at radius 3 is 2.21 bits per heavy atom. The van der Waals surface area contributed by atoms with E-state index in [1.54, 1.807) is 0 Å². The molecular weight excluding hydrogens is 405 g/mol. The predicted octanol–water partition coefficient (Wildman–Crippen LogP) is 2.28. The fourth-order valence-corrected chi connectivity index (χ4v) is 2.08. The molecule has 0 bridgehead atoms. The van der Waals surface area contributed by atoms with Gasteiger partial charge in [0.25, 0.3) is 5.91 Å². The molecule has 1 aliphatic rings. The highest BCUT2D eigenvalue weighted by Crippen LogP contribution is 2.30. The molecule has 0 aliphatic carbocycles. The summed E-state index contributed by atoms with van der Waals surface area (Å²) in [4.78, 5) is 22.4. The van der Waals surface area contributed by atoms with Crippen LogP contribution in [-0.4, -0.2) is 60.4 Å². The number of nitrogens with two attached hydrogens (primary N) is 1. The van der Waals surface area contributed by atoms with E-state index < -0.39 is 35.6 Å². The monoisotopic (exact) mass is 420 g/mol. The van der Waals surface area contributed by atoms with Crippen LogP contribution in [0.25, 0.3) is 0 Å². The first-order chi connectivity index (χ1) is 12.8. The second-order valence-corrected chi connectivity index (χ2v) is 5.47. The fourth-order valence-electron chi connectivity index (χ4n) is 2.08. The average Bonchev–Trinajstić information content (AvgIpc) is 2.60. The van der Waals surface area contributed by atoms with Gasteiger partial charge in [-0.25, -0.2) is 9.18 Å². The quantitative estimate of drug-likeness (QED) is 0.717. The Balaban J connectivity index is 0.000000480. The molecule has 0 aromatic heterocycles. The van der Waals surface area contributed by atoms with Crippen molar-refractivity contribution in [2.45, 2.75) is 18.5 Å². The summed E-state index contributed by atoms with van der Waals surface area (Å²) in [5.74, 6) is -4.61. The maximum Gasteiger partial charge on any atom is 0.490 e. The summed E-state index contributed by atoms with van der Waals surface area (Å²) >= 11 is 0. The maximum absolute atomic E-state index is 13.8. The summed E-state index contributed by atoms with van der Waals surface area (Å²) in [7, 11) is 0. The molecule has 1 amide bonds. The zero-order valence-corrected chi connectivity index (χ0v) is 14.0. The van der Waals surface area contributed by atoms with E-state index in [0.29, 0.717) is 12.1 Å². The number of hydrogen-bond acceptors (Lipinski definition) is 4. The third-order valence-corrected chi connectivity index (χ3v) is 3.46. The Morgan fingerprint density at radius 2 is 1.79 bits per heavy atom. The molecule has 158 valence electrons. The molecule has 1 aliphatic heterocycles. The minimum absolute atomic E-state index is 0.190. The molecule has 1 aromatic rings. The van der Waals surface area contributed by atoms with Gasteiger partial charge in [0.05, 0.1) is 23.8 Å². The number of carbonyl (C=O) groups is 2. The molecule has 0 radical (unpaired) electrons. The van der Waals surface area contributed by atoms with E-state index in [2.05, 4.69) is 0 Å². The van der Waals surface area contributed by atoms with Crippen LogP contribution < -0.4 is 5.73 Å². The van der Waals surface area contributed by atoms with Gasteiger partial charge < -0.3 is 20.5 Å². The van der Waals surface area contributed by atoms with Gasteiger partial charge in [-0.3, -0.25) is 4.79 Å². The smallest absolute Gasteiger partial charge is 0.475 e. The first kappa shape index (κ1) is 23.6. The summed E-state index contributed by atoms with van der Waals surface area (Å²) in [5, 5.41) is 7.12. The van der Waals surface area contributed by atoms with Crippen molar-refractivity contribution in [3.8, 4) is 0 Å². The summed E-state index contributed by atoms with van der Waals surface area (Å²) in [5.41, 5.74) is 3.93. The Kier molecular flexibility index (Phi) is 7.75. The first-order valence-corrected chi connectivity index (χ1v) is 7.55. The normalized spacial score (nSPS) is 17.6. The molecule has 6 nitrogen and oxygen atoms in total. The van der Waals surface area contributed by atoms with E-state index in [0.717, 1.165) is 6.07 Å². The number of hydrogen-bond donors (Lipinski definition) is 2. The molecule has 1 heterocycles. The topological polar surface area (TPSA) is 92.9 Å².